The summed E-state index contributed by atoms with van der Waals surface area (Å²) in [4.78, 5) is 60.4. The maximum absolute atomic E-state index is 12.4. The third-order valence-electron chi connectivity index (χ3n) is 4.35. The highest BCUT2D eigenvalue weighted by atomic mass is 16.5. The van der Waals surface area contributed by atoms with E-state index in [0.717, 1.165) is 17.7 Å². The number of ether oxygens (including phenoxy) is 1. The Morgan fingerprint density at radius 2 is 1.81 bits per heavy atom. The summed E-state index contributed by atoms with van der Waals surface area (Å²) in [5.41, 5.74) is -1.33. The Kier molecular flexibility index (Phi) is 6.07. The van der Waals surface area contributed by atoms with Crippen molar-refractivity contribution in [2.24, 2.45) is 0 Å². The lowest BCUT2D eigenvalue weighted by molar-refractivity contribution is -0.148. The largest absolute Gasteiger partial charge is 0.456 e. The van der Waals surface area contributed by atoms with Crippen molar-refractivity contribution in [1.29, 1.82) is 0 Å². The molecule has 27 heavy (non-hydrogen) atoms. The number of rotatable bonds is 5. The molecule has 2 fully saturated rings. The van der Waals surface area contributed by atoms with Crippen LogP contribution in [0.4, 0.5) is 9.59 Å². The lowest BCUT2D eigenvalue weighted by Gasteiger charge is -2.20. The standard InChI is InChI=1S/C17H26N4O6/c1-16(2,3)19-14(25)18-11(22)10-27-12(23)6-9-21-13(24)17(20-15(21)26)7-4-5-8-17/h4-10H2,1-3H3,(H,20,26)(H2,18,19,22,25). The Balaban J connectivity index is 1.72. The number of esters is 1. The molecule has 2 rings (SSSR count). The highest BCUT2D eigenvalue weighted by molar-refractivity contribution is 6.07. The molecule has 0 atom stereocenters. The van der Waals surface area contributed by atoms with Crippen LogP contribution < -0.4 is 16.0 Å². The number of hydrogen-bond donors (Lipinski definition) is 3. The van der Waals surface area contributed by atoms with Gasteiger partial charge in [0.25, 0.3) is 11.8 Å². The van der Waals surface area contributed by atoms with Crippen molar-refractivity contribution in [2.75, 3.05) is 13.2 Å². The Morgan fingerprint density at radius 1 is 1.19 bits per heavy atom. The van der Waals surface area contributed by atoms with Gasteiger partial charge < -0.3 is 15.4 Å². The number of amides is 6. The van der Waals surface area contributed by atoms with E-state index in [9.17, 15) is 24.0 Å². The molecule has 0 aromatic rings. The molecular formula is C17H26N4O6. The molecule has 10 nitrogen and oxygen atoms in total. The quantitative estimate of drug-likeness (QED) is 0.466. The Hall–Kier alpha value is -2.65. The van der Waals surface area contributed by atoms with Crippen LogP contribution in [0.25, 0.3) is 0 Å². The van der Waals surface area contributed by atoms with Gasteiger partial charge >= 0.3 is 18.0 Å². The Morgan fingerprint density at radius 3 is 2.41 bits per heavy atom. The van der Waals surface area contributed by atoms with Crippen molar-refractivity contribution in [2.45, 2.75) is 64.0 Å². The fraction of sp³-hybridized carbons (Fsp3) is 0.706. The zero-order valence-corrected chi connectivity index (χ0v) is 15.8. The molecule has 150 valence electrons. The molecule has 0 aromatic carbocycles. The average Bonchev–Trinajstić information content (AvgIpc) is 3.08. The number of nitrogens with zero attached hydrogens (tertiary/aromatic N) is 1. The average molecular weight is 382 g/mol. The number of imide groups is 2. The molecule has 1 aliphatic carbocycles. The summed E-state index contributed by atoms with van der Waals surface area (Å²) in [6.45, 7) is 4.52. The lowest BCUT2D eigenvalue weighted by Crippen LogP contribution is -2.49. The molecule has 1 aliphatic heterocycles. The number of hydrogen-bond acceptors (Lipinski definition) is 6. The normalized spacial score (nSPS) is 18.4. The molecule has 3 N–H and O–H groups in total. The van der Waals surface area contributed by atoms with E-state index >= 15 is 0 Å². The molecule has 1 saturated heterocycles. The van der Waals surface area contributed by atoms with Gasteiger partial charge in [-0.2, -0.15) is 0 Å². The summed E-state index contributed by atoms with van der Waals surface area (Å²) < 4.78 is 4.78. The lowest BCUT2D eigenvalue weighted by atomic mass is 9.98. The molecule has 2 aliphatic rings. The molecule has 0 aromatic heterocycles. The van der Waals surface area contributed by atoms with Crippen LogP contribution in [0.2, 0.25) is 0 Å². The number of carbonyl (C=O) groups is 5. The molecule has 1 saturated carbocycles. The van der Waals surface area contributed by atoms with Gasteiger partial charge in [0.1, 0.15) is 5.54 Å². The minimum atomic E-state index is -0.818. The highest BCUT2D eigenvalue weighted by Crippen LogP contribution is 2.34. The molecule has 0 unspecified atom stereocenters. The first-order valence-corrected chi connectivity index (χ1v) is 8.94. The molecule has 10 heteroatoms. The number of urea groups is 2. The van der Waals surface area contributed by atoms with Crippen LogP contribution in [0.5, 0.6) is 0 Å². The first-order valence-electron chi connectivity index (χ1n) is 8.94. The summed E-state index contributed by atoms with van der Waals surface area (Å²) in [6, 6.07) is -1.20. The van der Waals surface area contributed by atoms with Crippen LogP contribution in [0.15, 0.2) is 0 Å². The summed E-state index contributed by atoms with van der Waals surface area (Å²) >= 11 is 0. The maximum atomic E-state index is 12.4. The molecule has 0 bridgehead atoms. The van der Waals surface area contributed by atoms with Gasteiger partial charge in [-0.1, -0.05) is 12.8 Å². The molecular weight excluding hydrogens is 356 g/mol. The highest BCUT2D eigenvalue weighted by Gasteiger charge is 2.52. The maximum Gasteiger partial charge on any atom is 0.325 e. The third kappa shape index (κ3) is 5.41. The summed E-state index contributed by atoms with van der Waals surface area (Å²) in [7, 11) is 0. The zero-order valence-electron chi connectivity index (χ0n) is 15.8. The van der Waals surface area contributed by atoms with Crippen LogP contribution in [-0.4, -0.2) is 59.0 Å². The smallest absolute Gasteiger partial charge is 0.325 e. The van der Waals surface area contributed by atoms with Gasteiger partial charge in [0.15, 0.2) is 6.61 Å². The van der Waals surface area contributed by atoms with E-state index < -0.39 is 41.6 Å². The predicted molar refractivity (Wildman–Crippen MR) is 93.4 cm³/mol. The van der Waals surface area contributed by atoms with Gasteiger partial charge in [-0.3, -0.25) is 24.6 Å². The molecule has 0 radical (unpaired) electrons. The predicted octanol–water partition coefficient (Wildman–Crippen LogP) is 0.409. The van der Waals surface area contributed by atoms with E-state index in [1.165, 1.54) is 0 Å². The van der Waals surface area contributed by atoms with E-state index in [1.807, 2.05) is 5.32 Å². The third-order valence-corrected chi connectivity index (χ3v) is 4.35. The number of carbonyl (C=O) groups excluding carboxylic acids is 5. The van der Waals surface area contributed by atoms with Gasteiger partial charge in [0.05, 0.1) is 6.42 Å². The minimum absolute atomic E-state index is 0.114. The summed E-state index contributed by atoms with van der Waals surface area (Å²) in [5, 5.41) is 7.29. The Bertz CT molecular complexity index is 648. The second kappa shape index (κ2) is 7.93. The number of nitrogens with one attached hydrogen (secondary N) is 3. The Labute approximate surface area is 157 Å². The van der Waals surface area contributed by atoms with Gasteiger partial charge in [-0.05, 0) is 33.6 Å². The van der Waals surface area contributed by atoms with Crippen molar-refractivity contribution in [3.05, 3.63) is 0 Å². The van der Waals surface area contributed by atoms with E-state index in [2.05, 4.69) is 10.6 Å². The summed E-state index contributed by atoms with van der Waals surface area (Å²) in [6.07, 6.45) is 2.74. The monoisotopic (exact) mass is 382 g/mol. The second-order valence-electron chi connectivity index (χ2n) is 7.84. The van der Waals surface area contributed by atoms with Crippen molar-refractivity contribution < 1.29 is 28.7 Å². The van der Waals surface area contributed by atoms with Crippen LogP contribution in [-0.2, 0) is 19.1 Å². The van der Waals surface area contributed by atoms with Gasteiger partial charge in [0.2, 0.25) is 0 Å². The van der Waals surface area contributed by atoms with Gasteiger partial charge in [0, 0.05) is 12.1 Å². The molecule has 1 spiro atoms. The first kappa shape index (κ1) is 20.7. The van der Waals surface area contributed by atoms with E-state index in [4.69, 9.17) is 4.74 Å². The van der Waals surface area contributed by atoms with Crippen LogP contribution in [0.1, 0.15) is 52.9 Å². The zero-order chi connectivity index (χ0) is 20.2. The first-order chi connectivity index (χ1) is 12.5. The summed E-state index contributed by atoms with van der Waals surface area (Å²) in [5.74, 6) is -1.83. The van der Waals surface area contributed by atoms with Crippen molar-refractivity contribution in [3.8, 4) is 0 Å². The van der Waals surface area contributed by atoms with Gasteiger partial charge in [-0.25, -0.2) is 9.59 Å². The van der Waals surface area contributed by atoms with E-state index in [1.54, 1.807) is 20.8 Å². The van der Waals surface area contributed by atoms with Crippen molar-refractivity contribution in [1.82, 2.24) is 20.9 Å². The van der Waals surface area contributed by atoms with Gasteiger partial charge in [-0.15, -0.1) is 0 Å². The van der Waals surface area contributed by atoms with Crippen molar-refractivity contribution in [3.63, 3.8) is 0 Å². The second-order valence-corrected chi connectivity index (χ2v) is 7.84. The SMILES string of the molecule is CC(C)(C)NC(=O)NC(=O)COC(=O)CCN1C(=O)NC2(CCCC2)C1=O. The van der Waals surface area contributed by atoms with E-state index in [-0.39, 0.29) is 18.9 Å². The van der Waals surface area contributed by atoms with Crippen LogP contribution >= 0.6 is 0 Å². The van der Waals surface area contributed by atoms with Crippen LogP contribution in [0.3, 0.4) is 0 Å². The molecule has 1 heterocycles. The fourth-order valence-electron chi connectivity index (χ4n) is 3.15. The minimum Gasteiger partial charge on any atom is -0.456 e. The van der Waals surface area contributed by atoms with Crippen molar-refractivity contribution >= 4 is 29.8 Å². The topological polar surface area (TPSA) is 134 Å². The fourth-order valence-corrected chi connectivity index (χ4v) is 3.15. The van der Waals surface area contributed by atoms with E-state index in [0.29, 0.717) is 12.8 Å². The van der Waals surface area contributed by atoms with Crippen LogP contribution in [0, 0.1) is 0 Å². The molecule has 6 amide bonds.